The molecular formula is C16H18N2S. The maximum atomic E-state index is 5.81. The van der Waals surface area contributed by atoms with Gasteiger partial charge >= 0.3 is 0 Å². The Morgan fingerprint density at radius 2 is 1.95 bits per heavy atom. The molecule has 2 heterocycles. The van der Waals surface area contributed by atoms with E-state index in [2.05, 4.69) is 55.7 Å². The SMILES string of the molecule is CC1=CC(C)(C)Nc2ccc(-c3csc(N)c3)cc21. The number of benzene rings is 1. The van der Waals surface area contributed by atoms with Crippen molar-refractivity contribution in [1.82, 2.24) is 0 Å². The highest BCUT2D eigenvalue weighted by Crippen LogP contribution is 2.37. The Balaban J connectivity index is 2.08. The lowest BCUT2D eigenvalue weighted by atomic mass is 9.90. The fourth-order valence-corrected chi connectivity index (χ4v) is 3.33. The summed E-state index contributed by atoms with van der Waals surface area (Å²) in [7, 11) is 0. The number of nitrogens with two attached hydrogens (primary N) is 1. The molecule has 1 aromatic carbocycles. The van der Waals surface area contributed by atoms with E-state index in [1.807, 2.05) is 6.07 Å². The normalized spacial score (nSPS) is 16.5. The number of hydrogen-bond donors (Lipinski definition) is 2. The second-order valence-electron chi connectivity index (χ2n) is 5.67. The van der Waals surface area contributed by atoms with Crippen LogP contribution in [-0.4, -0.2) is 5.54 Å². The van der Waals surface area contributed by atoms with E-state index in [0.717, 1.165) is 5.00 Å². The fourth-order valence-electron chi connectivity index (χ4n) is 2.67. The van der Waals surface area contributed by atoms with Crippen molar-refractivity contribution >= 4 is 27.6 Å². The number of allylic oxidation sites excluding steroid dienone is 1. The molecule has 1 aliphatic rings. The zero-order chi connectivity index (χ0) is 13.6. The van der Waals surface area contributed by atoms with Gasteiger partial charge in [0, 0.05) is 16.6 Å². The van der Waals surface area contributed by atoms with Gasteiger partial charge in [-0.1, -0.05) is 12.1 Å². The van der Waals surface area contributed by atoms with Crippen molar-refractivity contribution < 1.29 is 0 Å². The smallest absolute Gasteiger partial charge is 0.0862 e. The Morgan fingerprint density at radius 3 is 2.63 bits per heavy atom. The monoisotopic (exact) mass is 270 g/mol. The largest absolute Gasteiger partial charge is 0.391 e. The molecule has 3 N–H and O–H groups in total. The van der Waals surface area contributed by atoms with E-state index in [0.29, 0.717) is 0 Å². The van der Waals surface area contributed by atoms with Gasteiger partial charge in [0.1, 0.15) is 0 Å². The molecule has 0 fully saturated rings. The number of nitrogen functional groups attached to an aromatic ring is 1. The van der Waals surface area contributed by atoms with Crippen molar-refractivity contribution in [3.05, 3.63) is 41.3 Å². The third-order valence-electron chi connectivity index (χ3n) is 3.43. The van der Waals surface area contributed by atoms with Gasteiger partial charge in [0.25, 0.3) is 0 Å². The van der Waals surface area contributed by atoms with Crippen LogP contribution in [-0.2, 0) is 0 Å². The van der Waals surface area contributed by atoms with Gasteiger partial charge in [0.2, 0.25) is 0 Å². The zero-order valence-electron chi connectivity index (χ0n) is 11.4. The van der Waals surface area contributed by atoms with Gasteiger partial charge < -0.3 is 11.1 Å². The Bertz CT molecular complexity index is 665. The summed E-state index contributed by atoms with van der Waals surface area (Å²) >= 11 is 1.58. The van der Waals surface area contributed by atoms with Crippen molar-refractivity contribution in [2.75, 3.05) is 11.1 Å². The molecule has 0 spiro atoms. The van der Waals surface area contributed by atoms with E-state index in [9.17, 15) is 0 Å². The summed E-state index contributed by atoms with van der Waals surface area (Å²) in [5, 5.41) is 6.52. The number of hydrogen-bond acceptors (Lipinski definition) is 3. The van der Waals surface area contributed by atoms with Crippen LogP contribution in [0.2, 0.25) is 0 Å². The summed E-state index contributed by atoms with van der Waals surface area (Å²) < 4.78 is 0. The Hall–Kier alpha value is -1.74. The molecule has 98 valence electrons. The van der Waals surface area contributed by atoms with Gasteiger partial charge in [-0.3, -0.25) is 0 Å². The molecule has 2 aromatic rings. The van der Waals surface area contributed by atoms with E-state index in [1.165, 1.54) is 28.0 Å². The number of nitrogens with one attached hydrogen (secondary N) is 1. The van der Waals surface area contributed by atoms with Crippen LogP contribution in [0, 0.1) is 0 Å². The van der Waals surface area contributed by atoms with E-state index in [1.54, 1.807) is 11.3 Å². The number of anilines is 2. The van der Waals surface area contributed by atoms with Crippen molar-refractivity contribution in [3.8, 4) is 11.1 Å². The van der Waals surface area contributed by atoms with E-state index in [-0.39, 0.29) is 5.54 Å². The van der Waals surface area contributed by atoms with Crippen molar-refractivity contribution in [2.45, 2.75) is 26.3 Å². The highest BCUT2D eigenvalue weighted by molar-refractivity contribution is 7.14. The number of thiophene rings is 1. The Labute approximate surface area is 118 Å². The molecule has 0 saturated heterocycles. The van der Waals surface area contributed by atoms with Gasteiger partial charge in [-0.2, -0.15) is 0 Å². The van der Waals surface area contributed by atoms with Gasteiger partial charge in [-0.15, -0.1) is 11.3 Å². The summed E-state index contributed by atoms with van der Waals surface area (Å²) in [5.74, 6) is 0. The van der Waals surface area contributed by atoms with Crippen LogP contribution < -0.4 is 11.1 Å². The van der Waals surface area contributed by atoms with E-state index in [4.69, 9.17) is 5.73 Å². The number of fused-ring (bicyclic) bond motifs is 1. The summed E-state index contributed by atoms with van der Waals surface area (Å²) in [4.78, 5) is 0. The third kappa shape index (κ3) is 2.26. The average molecular weight is 270 g/mol. The van der Waals surface area contributed by atoms with Gasteiger partial charge in [0.05, 0.1) is 10.5 Å². The highest BCUT2D eigenvalue weighted by atomic mass is 32.1. The first kappa shape index (κ1) is 12.3. The quantitative estimate of drug-likeness (QED) is 0.794. The van der Waals surface area contributed by atoms with Crippen molar-refractivity contribution in [2.24, 2.45) is 0 Å². The topological polar surface area (TPSA) is 38.0 Å². The van der Waals surface area contributed by atoms with Crippen LogP contribution in [0.3, 0.4) is 0 Å². The molecule has 0 atom stereocenters. The molecule has 2 nitrogen and oxygen atoms in total. The summed E-state index contributed by atoms with van der Waals surface area (Å²) in [6.07, 6.45) is 2.28. The molecule has 0 radical (unpaired) electrons. The van der Waals surface area contributed by atoms with Gasteiger partial charge in [-0.05, 0) is 55.7 Å². The molecule has 0 aliphatic carbocycles. The molecule has 19 heavy (non-hydrogen) atoms. The first-order chi connectivity index (χ1) is 8.94. The van der Waals surface area contributed by atoms with Gasteiger partial charge in [-0.25, -0.2) is 0 Å². The molecule has 0 saturated carbocycles. The minimum Gasteiger partial charge on any atom is -0.391 e. The Kier molecular flexibility index (Phi) is 2.68. The maximum absolute atomic E-state index is 5.81. The lowest BCUT2D eigenvalue weighted by Crippen LogP contribution is -2.31. The van der Waals surface area contributed by atoms with E-state index >= 15 is 0 Å². The third-order valence-corrected chi connectivity index (χ3v) is 4.19. The fraction of sp³-hybridized carbons (Fsp3) is 0.250. The van der Waals surface area contributed by atoms with Crippen LogP contribution in [0.5, 0.6) is 0 Å². The second-order valence-corrected chi connectivity index (χ2v) is 6.61. The minimum absolute atomic E-state index is 0.0193. The van der Waals surface area contributed by atoms with Crippen LogP contribution >= 0.6 is 11.3 Å². The lowest BCUT2D eigenvalue weighted by Gasteiger charge is -2.31. The van der Waals surface area contributed by atoms with E-state index < -0.39 is 0 Å². The molecule has 1 aliphatic heterocycles. The summed E-state index contributed by atoms with van der Waals surface area (Å²) in [6, 6.07) is 8.59. The number of rotatable bonds is 1. The molecule has 1 aromatic heterocycles. The molecule has 0 bridgehead atoms. The molecule has 0 unspecified atom stereocenters. The van der Waals surface area contributed by atoms with Crippen LogP contribution in [0.1, 0.15) is 26.3 Å². The lowest BCUT2D eigenvalue weighted by molar-refractivity contribution is 0.707. The van der Waals surface area contributed by atoms with Crippen LogP contribution in [0.4, 0.5) is 10.7 Å². The zero-order valence-corrected chi connectivity index (χ0v) is 12.3. The van der Waals surface area contributed by atoms with Crippen molar-refractivity contribution in [1.29, 1.82) is 0 Å². The maximum Gasteiger partial charge on any atom is 0.0862 e. The minimum atomic E-state index is 0.0193. The highest BCUT2D eigenvalue weighted by Gasteiger charge is 2.22. The molecule has 3 heteroatoms. The first-order valence-corrected chi connectivity index (χ1v) is 7.29. The second kappa shape index (κ2) is 4.14. The van der Waals surface area contributed by atoms with Crippen molar-refractivity contribution in [3.63, 3.8) is 0 Å². The van der Waals surface area contributed by atoms with Crippen LogP contribution in [0.15, 0.2) is 35.7 Å². The predicted molar refractivity (Wildman–Crippen MR) is 85.5 cm³/mol. The van der Waals surface area contributed by atoms with Gasteiger partial charge in [0.15, 0.2) is 0 Å². The Morgan fingerprint density at radius 1 is 1.16 bits per heavy atom. The molecule has 0 amide bonds. The first-order valence-electron chi connectivity index (χ1n) is 6.41. The average Bonchev–Trinajstić information content (AvgIpc) is 2.74. The van der Waals surface area contributed by atoms with Crippen LogP contribution in [0.25, 0.3) is 16.7 Å². The summed E-state index contributed by atoms with van der Waals surface area (Å²) in [5.41, 5.74) is 12.1. The standard InChI is InChI=1S/C16H18N2S/c1-10-8-16(2,3)18-14-5-4-11(6-13(10)14)12-7-15(17)19-9-12/h4-9,18H,17H2,1-3H3. The molecular weight excluding hydrogens is 252 g/mol. The predicted octanol–water partition coefficient (Wildman–Crippen LogP) is 4.60. The summed E-state index contributed by atoms with van der Waals surface area (Å²) in [6.45, 7) is 6.55. The molecule has 3 rings (SSSR count).